The summed E-state index contributed by atoms with van der Waals surface area (Å²) < 4.78 is 54.9. The minimum Gasteiger partial charge on any atom is -0.298 e. The van der Waals surface area contributed by atoms with E-state index < -0.39 is 53.8 Å². The number of rotatable bonds is 13. The molecule has 0 spiro atoms. The van der Waals surface area contributed by atoms with Gasteiger partial charge in [-0.1, -0.05) is 24.3 Å². The molecule has 3 atom stereocenters. The van der Waals surface area contributed by atoms with Gasteiger partial charge in [0.1, 0.15) is 11.9 Å². The molecule has 8 nitrogen and oxygen atoms in total. The maximum Gasteiger partial charge on any atom is 0.407 e. The van der Waals surface area contributed by atoms with Crippen molar-refractivity contribution in [2.75, 3.05) is 0 Å². The fraction of sp³-hybridized carbons (Fsp3) is 0.545. The Morgan fingerprint density at radius 3 is 2.38 bits per heavy atom. The van der Waals surface area contributed by atoms with E-state index in [0.717, 1.165) is 37.1 Å². The second-order valence-corrected chi connectivity index (χ2v) is 8.49. The molecule has 1 aromatic carbocycles. The molecule has 0 unspecified atom stereocenters. The van der Waals surface area contributed by atoms with Crippen molar-refractivity contribution < 1.29 is 31.9 Å². The molecule has 34 heavy (non-hydrogen) atoms. The van der Waals surface area contributed by atoms with Gasteiger partial charge in [-0.2, -0.15) is 18.4 Å². The number of carbonyl (C=O) groups excluding carboxylic acids is 3. The topological polar surface area (TPSA) is 118 Å². The molecule has 2 aromatic rings. The summed E-state index contributed by atoms with van der Waals surface area (Å²) >= 11 is 0. The Morgan fingerprint density at radius 1 is 1.18 bits per heavy atom. The Hall–Kier alpha value is -3.02. The number of nitrogens with zero attached hydrogens (tertiary/aromatic N) is 3. The van der Waals surface area contributed by atoms with Crippen molar-refractivity contribution >= 4 is 17.3 Å². The van der Waals surface area contributed by atoms with Crippen LogP contribution in [0.5, 0.6) is 0 Å². The van der Waals surface area contributed by atoms with Crippen LogP contribution >= 0.6 is 0 Å². The van der Waals surface area contributed by atoms with Gasteiger partial charge in [0.2, 0.25) is 5.78 Å². The highest BCUT2D eigenvalue weighted by Gasteiger charge is 2.43. The molecule has 1 aliphatic rings. The first kappa shape index (κ1) is 25.6. The molecule has 0 bridgehead atoms. The predicted octanol–water partition coefficient (Wildman–Crippen LogP) is 3.07. The van der Waals surface area contributed by atoms with Gasteiger partial charge >= 0.3 is 6.18 Å². The van der Waals surface area contributed by atoms with E-state index in [0.29, 0.717) is 0 Å². The van der Waals surface area contributed by atoms with Gasteiger partial charge in [-0.15, -0.1) is 10.2 Å². The van der Waals surface area contributed by atoms with Crippen LogP contribution in [-0.4, -0.2) is 50.2 Å². The fourth-order valence-electron chi connectivity index (χ4n) is 3.67. The summed E-state index contributed by atoms with van der Waals surface area (Å²) in [5.41, 5.74) is -0.289. The number of nitrogens with one attached hydrogen (secondary N) is 2. The predicted molar refractivity (Wildman–Crippen MR) is 111 cm³/mol. The number of Topliss-reactive ketones (excluding diaryl/α,β-unsaturated/α-hetero) is 3. The van der Waals surface area contributed by atoms with Crippen LogP contribution in [0.3, 0.4) is 0 Å². The maximum atomic E-state index is 13.9. The number of aromatic nitrogens is 4. The first-order chi connectivity index (χ1) is 16.1. The largest absolute Gasteiger partial charge is 0.407 e. The van der Waals surface area contributed by atoms with Crippen LogP contribution in [-0.2, 0) is 20.8 Å². The molecule has 0 saturated heterocycles. The highest BCUT2D eigenvalue weighted by Crippen LogP contribution is 2.34. The average molecular weight is 483 g/mol. The maximum absolute atomic E-state index is 13.9. The summed E-state index contributed by atoms with van der Waals surface area (Å²) in [4.78, 5) is 37.9. The molecule has 1 fully saturated rings. The van der Waals surface area contributed by atoms with E-state index in [1.165, 1.54) is 0 Å². The summed E-state index contributed by atoms with van der Waals surface area (Å²) in [6.07, 6.45) is -3.46. The zero-order valence-corrected chi connectivity index (χ0v) is 18.4. The second kappa shape index (κ2) is 10.9. The molecule has 1 heterocycles. The first-order valence-corrected chi connectivity index (χ1v) is 11.0. The summed E-state index contributed by atoms with van der Waals surface area (Å²) in [5.74, 6) is -3.36. The lowest BCUT2D eigenvalue weighted by Crippen LogP contribution is -2.47. The van der Waals surface area contributed by atoms with Gasteiger partial charge in [0.05, 0.1) is 6.04 Å². The Morgan fingerprint density at radius 2 is 1.85 bits per heavy atom. The van der Waals surface area contributed by atoms with Crippen LogP contribution < -0.4 is 5.32 Å². The second-order valence-electron chi connectivity index (χ2n) is 8.49. The van der Waals surface area contributed by atoms with Crippen LogP contribution in [0.4, 0.5) is 17.6 Å². The molecule has 0 amide bonds. The number of ketones is 3. The summed E-state index contributed by atoms with van der Waals surface area (Å²) in [5, 5.41) is 15.2. The number of hydrogen-bond donors (Lipinski definition) is 2. The lowest BCUT2D eigenvalue weighted by atomic mass is 9.88. The molecule has 184 valence electrons. The van der Waals surface area contributed by atoms with Crippen molar-refractivity contribution in [2.45, 2.75) is 63.7 Å². The van der Waals surface area contributed by atoms with E-state index >= 15 is 0 Å². The smallest absolute Gasteiger partial charge is 0.298 e. The molecular weight excluding hydrogens is 458 g/mol. The normalized spacial score (nSPS) is 16.6. The number of aromatic amines is 1. The molecule has 1 aliphatic carbocycles. The van der Waals surface area contributed by atoms with E-state index in [2.05, 4.69) is 25.9 Å². The van der Waals surface area contributed by atoms with Crippen molar-refractivity contribution in [2.24, 2.45) is 11.8 Å². The first-order valence-electron chi connectivity index (χ1n) is 11.0. The van der Waals surface area contributed by atoms with Crippen LogP contribution in [0.2, 0.25) is 0 Å². The number of H-pyrrole nitrogens is 1. The molecular formula is C22H25F4N5O3. The number of alkyl halides is 3. The number of hydrogen-bond acceptors (Lipinski definition) is 7. The van der Waals surface area contributed by atoms with Crippen LogP contribution in [0.15, 0.2) is 24.3 Å². The number of halogens is 4. The third-order valence-electron chi connectivity index (χ3n) is 5.82. The van der Waals surface area contributed by atoms with E-state index in [4.69, 9.17) is 0 Å². The van der Waals surface area contributed by atoms with Gasteiger partial charge in [-0.05, 0) is 42.9 Å². The Labute approximate surface area is 192 Å². The molecule has 2 N–H and O–H groups in total. The molecule has 0 aliphatic heterocycles. The van der Waals surface area contributed by atoms with Crippen LogP contribution in [0.1, 0.15) is 56.5 Å². The molecule has 0 radical (unpaired) electrons. The molecule has 3 rings (SSSR count). The van der Waals surface area contributed by atoms with E-state index in [9.17, 15) is 31.9 Å². The lowest BCUT2D eigenvalue weighted by molar-refractivity contribution is -0.161. The Bertz CT molecular complexity index is 991. The average Bonchev–Trinajstić information content (AvgIpc) is 3.45. The zero-order chi connectivity index (χ0) is 24.9. The molecule has 1 saturated carbocycles. The van der Waals surface area contributed by atoms with E-state index in [-0.39, 0.29) is 36.6 Å². The van der Waals surface area contributed by atoms with Gasteiger partial charge < -0.3 is 0 Å². The lowest BCUT2D eigenvalue weighted by Gasteiger charge is -2.27. The van der Waals surface area contributed by atoms with Crippen molar-refractivity contribution in [3.8, 4) is 0 Å². The number of carbonyl (C=O) groups is 3. The van der Waals surface area contributed by atoms with Crippen molar-refractivity contribution in [3.63, 3.8) is 0 Å². The summed E-state index contributed by atoms with van der Waals surface area (Å²) in [6, 6.07) is 0.0127. The quantitative estimate of drug-likeness (QED) is 0.332. The fourth-order valence-corrected chi connectivity index (χ4v) is 3.67. The molecule has 1 aromatic heterocycles. The van der Waals surface area contributed by atoms with Gasteiger partial charge in [0, 0.05) is 25.2 Å². The van der Waals surface area contributed by atoms with Gasteiger partial charge in [0.15, 0.2) is 17.4 Å². The van der Waals surface area contributed by atoms with Gasteiger partial charge in [-0.3, -0.25) is 19.7 Å². The van der Waals surface area contributed by atoms with Crippen LogP contribution in [0.25, 0.3) is 0 Å². The van der Waals surface area contributed by atoms with E-state index in [1.54, 1.807) is 6.92 Å². The summed E-state index contributed by atoms with van der Waals surface area (Å²) in [7, 11) is 0. The molecule has 12 heteroatoms. The van der Waals surface area contributed by atoms with Crippen LogP contribution in [0, 0.1) is 17.7 Å². The zero-order valence-electron chi connectivity index (χ0n) is 18.4. The third-order valence-corrected chi connectivity index (χ3v) is 5.82. The number of benzene rings is 1. The standard InChI is InChI=1S/C22H25F4N5O3/c1-2-13(20(34)18(33)9-12-3-4-12)10-17(32)16(11-19-28-30-31-29-19)27-21(22(24,25)26)14-5-7-15(23)8-6-14/h5-8,12-13,16,21,27H,2-4,9-11H2,1H3,(H,28,29,30,31)/t13-,16+,21+/m1/s1. The third kappa shape index (κ3) is 6.99. The van der Waals surface area contributed by atoms with Crippen molar-refractivity contribution in [1.82, 2.24) is 25.9 Å². The SMILES string of the molecule is CC[C@H](CC(=O)[C@H](Cc1nn[nH]n1)N[C@@H](c1ccc(F)cc1)C(F)(F)F)C(=O)C(=O)CC1CC1. The van der Waals surface area contributed by atoms with Gasteiger partial charge in [-0.25, -0.2) is 4.39 Å². The highest BCUT2D eigenvalue weighted by molar-refractivity contribution is 6.38. The minimum atomic E-state index is -4.81. The summed E-state index contributed by atoms with van der Waals surface area (Å²) in [6.45, 7) is 1.64. The van der Waals surface area contributed by atoms with E-state index in [1.807, 2.05) is 0 Å². The van der Waals surface area contributed by atoms with Crippen molar-refractivity contribution in [3.05, 3.63) is 41.5 Å². The Kier molecular flexibility index (Phi) is 8.24. The van der Waals surface area contributed by atoms with Gasteiger partial charge in [0.25, 0.3) is 0 Å². The monoisotopic (exact) mass is 483 g/mol. The van der Waals surface area contributed by atoms with Crippen molar-refractivity contribution in [1.29, 1.82) is 0 Å². The minimum absolute atomic E-state index is 0.00457. The highest BCUT2D eigenvalue weighted by atomic mass is 19.4. The Balaban J connectivity index is 1.80. The number of tetrazole rings is 1.